The van der Waals surface area contributed by atoms with Crippen LogP contribution in [0.4, 0.5) is 5.69 Å². The fourth-order valence-electron chi connectivity index (χ4n) is 2.69. The lowest BCUT2D eigenvalue weighted by molar-refractivity contribution is -0.126. The number of carbonyl (C=O) groups excluding carboxylic acids is 1. The van der Waals surface area contributed by atoms with Crippen LogP contribution in [-0.2, 0) is 4.79 Å². The number of rotatable bonds is 3. The molecule has 1 aliphatic rings. The van der Waals surface area contributed by atoms with Crippen molar-refractivity contribution >= 4 is 11.6 Å². The van der Waals surface area contributed by atoms with Gasteiger partial charge in [-0.3, -0.25) is 4.79 Å². The summed E-state index contributed by atoms with van der Waals surface area (Å²) in [6.45, 7) is 6.77. The van der Waals surface area contributed by atoms with Crippen molar-refractivity contribution in [1.29, 1.82) is 0 Å². The van der Waals surface area contributed by atoms with Crippen molar-refractivity contribution in [2.24, 2.45) is 0 Å². The van der Waals surface area contributed by atoms with Crippen molar-refractivity contribution in [1.82, 2.24) is 5.32 Å². The van der Waals surface area contributed by atoms with Crippen LogP contribution in [0.25, 0.3) is 0 Å². The van der Waals surface area contributed by atoms with E-state index >= 15 is 0 Å². The van der Waals surface area contributed by atoms with Crippen molar-refractivity contribution < 1.29 is 14.6 Å². The highest BCUT2D eigenvalue weighted by molar-refractivity contribution is 5.90. The molecule has 1 saturated heterocycles. The topological polar surface area (TPSA) is 61.8 Å². The highest BCUT2D eigenvalue weighted by Gasteiger charge is 2.39. The zero-order valence-electron chi connectivity index (χ0n) is 12.4. The number of methoxy groups -OCH3 is 1. The molecule has 1 fully saturated rings. The maximum atomic E-state index is 12.1. The molecule has 5 heteroatoms. The van der Waals surface area contributed by atoms with E-state index in [0.717, 1.165) is 11.3 Å². The van der Waals surface area contributed by atoms with Crippen LogP contribution in [0.1, 0.15) is 32.4 Å². The summed E-state index contributed by atoms with van der Waals surface area (Å²) in [5.41, 5.74) is 0.908. The second-order valence-electron chi connectivity index (χ2n) is 5.54. The second kappa shape index (κ2) is 5.32. The van der Waals surface area contributed by atoms with Gasteiger partial charge >= 0.3 is 0 Å². The number of hydrogen-bond donors (Lipinski definition) is 2. The van der Waals surface area contributed by atoms with Gasteiger partial charge in [-0.15, -0.1) is 0 Å². The van der Waals surface area contributed by atoms with Crippen molar-refractivity contribution in [2.45, 2.75) is 32.4 Å². The van der Waals surface area contributed by atoms with Gasteiger partial charge in [-0.1, -0.05) is 6.07 Å². The lowest BCUT2D eigenvalue weighted by atomic mass is 9.95. The van der Waals surface area contributed by atoms with E-state index in [1.54, 1.807) is 14.0 Å². The summed E-state index contributed by atoms with van der Waals surface area (Å²) in [4.78, 5) is 14.1. The molecule has 0 unspecified atom stereocenters. The van der Waals surface area contributed by atoms with Crippen LogP contribution in [0, 0.1) is 0 Å². The molecule has 1 heterocycles. The van der Waals surface area contributed by atoms with Gasteiger partial charge in [-0.05, 0) is 32.9 Å². The Balaban J connectivity index is 2.54. The average Bonchev–Trinajstić information content (AvgIpc) is 2.40. The molecule has 0 bridgehead atoms. The van der Waals surface area contributed by atoms with E-state index in [2.05, 4.69) is 5.32 Å². The lowest BCUT2D eigenvalue weighted by Gasteiger charge is -2.44. The van der Waals surface area contributed by atoms with Crippen LogP contribution in [0.5, 0.6) is 5.75 Å². The zero-order chi connectivity index (χ0) is 14.9. The number of aliphatic hydroxyl groups is 1. The molecule has 1 aromatic rings. The number of nitrogens with one attached hydrogen (secondary N) is 1. The molecule has 0 aromatic heterocycles. The molecule has 5 nitrogen and oxygen atoms in total. The van der Waals surface area contributed by atoms with Gasteiger partial charge in [0, 0.05) is 24.3 Å². The first-order valence-electron chi connectivity index (χ1n) is 6.80. The first kappa shape index (κ1) is 14.7. The first-order chi connectivity index (χ1) is 9.39. The maximum absolute atomic E-state index is 12.1. The molecular weight excluding hydrogens is 256 g/mol. The van der Waals surface area contributed by atoms with Gasteiger partial charge in [-0.2, -0.15) is 0 Å². The molecule has 0 radical (unpaired) electrons. The Morgan fingerprint density at radius 3 is 2.75 bits per heavy atom. The third kappa shape index (κ3) is 2.33. The van der Waals surface area contributed by atoms with E-state index in [1.807, 2.05) is 36.9 Å². The van der Waals surface area contributed by atoms with Gasteiger partial charge in [0.05, 0.1) is 13.2 Å². The smallest absolute Gasteiger partial charge is 0.245 e. The number of aliphatic hydroxyl groups excluding tert-OH is 1. The number of piperazine rings is 1. The molecule has 1 atom stereocenters. The summed E-state index contributed by atoms with van der Waals surface area (Å²) in [7, 11) is 1.58. The van der Waals surface area contributed by atoms with Gasteiger partial charge in [0.25, 0.3) is 0 Å². The van der Waals surface area contributed by atoms with Crippen LogP contribution in [0.15, 0.2) is 18.2 Å². The summed E-state index contributed by atoms with van der Waals surface area (Å²) < 4.78 is 5.35. The van der Waals surface area contributed by atoms with E-state index in [1.165, 1.54) is 0 Å². The van der Waals surface area contributed by atoms with Crippen LogP contribution < -0.4 is 15.0 Å². The quantitative estimate of drug-likeness (QED) is 0.879. The Bertz CT molecular complexity index is 512. The predicted molar refractivity (Wildman–Crippen MR) is 78.1 cm³/mol. The van der Waals surface area contributed by atoms with Crippen molar-refractivity contribution in [2.75, 3.05) is 25.1 Å². The Morgan fingerprint density at radius 1 is 1.45 bits per heavy atom. The standard InChI is InChI=1S/C15H22N2O3/c1-10(18)13-11(6-5-7-12(13)20-4)17-9-8-16-14(19)15(17,2)3/h5-7,10,18H,8-9H2,1-4H3,(H,16,19)/t10-/m1/s1. The second-order valence-corrected chi connectivity index (χ2v) is 5.54. The lowest BCUT2D eigenvalue weighted by Crippen LogP contribution is -2.62. The highest BCUT2D eigenvalue weighted by atomic mass is 16.5. The number of carbonyl (C=O) groups is 1. The Morgan fingerprint density at radius 2 is 2.15 bits per heavy atom. The summed E-state index contributed by atoms with van der Waals surface area (Å²) >= 11 is 0. The van der Waals surface area contributed by atoms with Crippen molar-refractivity contribution in [3.8, 4) is 5.75 Å². The molecule has 20 heavy (non-hydrogen) atoms. The highest BCUT2D eigenvalue weighted by Crippen LogP contribution is 2.37. The maximum Gasteiger partial charge on any atom is 0.245 e. The number of anilines is 1. The minimum absolute atomic E-state index is 0.0110. The van der Waals surface area contributed by atoms with Gasteiger partial charge in [-0.25, -0.2) is 0 Å². The number of amides is 1. The SMILES string of the molecule is COc1cccc(N2CCNC(=O)C2(C)C)c1[C@@H](C)O. The van der Waals surface area contributed by atoms with Gasteiger partial charge in [0.1, 0.15) is 11.3 Å². The molecule has 2 rings (SSSR count). The first-order valence-corrected chi connectivity index (χ1v) is 6.80. The van der Waals surface area contributed by atoms with E-state index in [0.29, 0.717) is 18.8 Å². The predicted octanol–water partition coefficient (Wildman–Crippen LogP) is 1.46. The van der Waals surface area contributed by atoms with Crippen LogP contribution in [-0.4, -0.2) is 36.8 Å². The van der Waals surface area contributed by atoms with E-state index in [-0.39, 0.29) is 5.91 Å². The Hall–Kier alpha value is -1.75. The largest absolute Gasteiger partial charge is 0.496 e. The van der Waals surface area contributed by atoms with Crippen LogP contribution in [0.2, 0.25) is 0 Å². The molecular formula is C15H22N2O3. The van der Waals surface area contributed by atoms with E-state index in [4.69, 9.17) is 4.74 Å². The van der Waals surface area contributed by atoms with Crippen molar-refractivity contribution in [3.63, 3.8) is 0 Å². The molecule has 0 spiro atoms. The molecule has 1 aromatic carbocycles. The fraction of sp³-hybridized carbons (Fsp3) is 0.533. The van der Waals surface area contributed by atoms with Crippen LogP contribution >= 0.6 is 0 Å². The zero-order valence-corrected chi connectivity index (χ0v) is 12.4. The third-order valence-corrected chi connectivity index (χ3v) is 3.82. The number of ether oxygens (including phenoxy) is 1. The third-order valence-electron chi connectivity index (χ3n) is 3.82. The fourth-order valence-corrected chi connectivity index (χ4v) is 2.69. The average molecular weight is 278 g/mol. The summed E-state index contributed by atoms with van der Waals surface area (Å²) in [6.07, 6.45) is -0.665. The molecule has 2 N–H and O–H groups in total. The van der Waals surface area contributed by atoms with Crippen molar-refractivity contribution in [3.05, 3.63) is 23.8 Å². The number of benzene rings is 1. The summed E-state index contributed by atoms with van der Waals surface area (Å²) in [5.74, 6) is 0.627. The number of nitrogens with zero attached hydrogens (tertiary/aromatic N) is 1. The molecule has 0 aliphatic carbocycles. The van der Waals surface area contributed by atoms with Gasteiger partial charge in [0.15, 0.2) is 0 Å². The van der Waals surface area contributed by atoms with E-state index < -0.39 is 11.6 Å². The molecule has 0 saturated carbocycles. The minimum atomic E-state index is -0.665. The summed E-state index contributed by atoms with van der Waals surface area (Å²) in [6, 6.07) is 5.62. The van der Waals surface area contributed by atoms with Gasteiger partial charge in [0.2, 0.25) is 5.91 Å². The molecule has 1 aliphatic heterocycles. The molecule has 110 valence electrons. The summed E-state index contributed by atoms with van der Waals surface area (Å²) in [5, 5.41) is 13.0. The molecule has 1 amide bonds. The minimum Gasteiger partial charge on any atom is -0.496 e. The normalized spacial score (nSPS) is 19.4. The monoisotopic (exact) mass is 278 g/mol. The van der Waals surface area contributed by atoms with E-state index in [9.17, 15) is 9.90 Å². The van der Waals surface area contributed by atoms with Crippen LogP contribution in [0.3, 0.4) is 0 Å². The van der Waals surface area contributed by atoms with Gasteiger partial charge < -0.3 is 20.1 Å². The Kier molecular flexibility index (Phi) is 3.90. The number of hydrogen-bond acceptors (Lipinski definition) is 4. The Labute approximate surface area is 119 Å².